The van der Waals surface area contributed by atoms with E-state index < -0.39 is 36.9 Å². The van der Waals surface area contributed by atoms with Crippen molar-refractivity contribution < 1.29 is 25.5 Å². The smallest absolute Gasteiger partial charge is 0.111 e. The van der Waals surface area contributed by atoms with Gasteiger partial charge in [-0.2, -0.15) is 0 Å². The fourth-order valence-electron chi connectivity index (χ4n) is 2.66. The molecule has 0 aliphatic rings. The van der Waals surface area contributed by atoms with Crippen molar-refractivity contribution in [3.8, 4) is 0 Å². The Labute approximate surface area is 162 Å². The normalized spacial score (nSPS) is 16.5. The van der Waals surface area contributed by atoms with Crippen LogP contribution in [0.5, 0.6) is 0 Å². The fraction of sp³-hybridized carbons (Fsp3) is 0.333. The van der Waals surface area contributed by atoms with Crippen LogP contribution in [-0.4, -0.2) is 56.6 Å². The third-order valence-electron chi connectivity index (χ3n) is 4.08. The van der Waals surface area contributed by atoms with Crippen molar-refractivity contribution in [3.05, 3.63) is 68.6 Å². The van der Waals surface area contributed by atoms with E-state index >= 15 is 0 Å². The van der Waals surface area contributed by atoms with Gasteiger partial charge in [0.2, 0.25) is 0 Å². The maximum Gasteiger partial charge on any atom is 0.111 e. The summed E-state index contributed by atoms with van der Waals surface area (Å²) < 4.78 is 1.74. The third-order valence-corrected chi connectivity index (χ3v) is 5.14. The van der Waals surface area contributed by atoms with Gasteiger partial charge >= 0.3 is 0 Å². The van der Waals surface area contributed by atoms with E-state index in [1.54, 1.807) is 0 Å². The van der Waals surface area contributed by atoms with Crippen molar-refractivity contribution in [2.24, 2.45) is 0 Å². The number of rotatable bonds is 7. The Morgan fingerprint density at radius 3 is 1.40 bits per heavy atom. The highest BCUT2D eigenvalue weighted by Crippen LogP contribution is 2.32. The van der Waals surface area contributed by atoms with Crippen LogP contribution in [0, 0.1) is 0 Å². The van der Waals surface area contributed by atoms with Crippen LogP contribution in [0.3, 0.4) is 0 Å². The molecular weight excluding hydrogens is 456 g/mol. The molecular formula is C18H20Br2O5. The highest BCUT2D eigenvalue weighted by Gasteiger charge is 2.36. The molecule has 0 radical (unpaired) electrons. The predicted molar refractivity (Wildman–Crippen MR) is 101 cm³/mol. The topological polar surface area (TPSA) is 101 Å². The number of aliphatic hydroxyl groups excluding tert-OH is 5. The number of benzene rings is 2. The van der Waals surface area contributed by atoms with E-state index in [1.165, 1.54) is 0 Å². The van der Waals surface area contributed by atoms with E-state index in [-0.39, 0.29) is 0 Å². The van der Waals surface area contributed by atoms with Gasteiger partial charge in [0.05, 0.1) is 12.7 Å². The molecule has 0 heterocycles. The molecule has 0 amide bonds. The first-order chi connectivity index (χ1) is 11.8. The van der Waals surface area contributed by atoms with Gasteiger partial charge in [0.25, 0.3) is 0 Å². The average molecular weight is 476 g/mol. The summed E-state index contributed by atoms with van der Waals surface area (Å²) in [5, 5.41) is 49.5. The molecule has 7 heteroatoms. The maximum atomic E-state index is 10.7. The lowest BCUT2D eigenvalue weighted by atomic mass is 9.82. The van der Waals surface area contributed by atoms with Crippen molar-refractivity contribution in [1.82, 2.24) is 0 Å². The van der Waals surface area contributed by atoms with Crippen LogP contribution in [0.2, 0.25) is 0 Å². The second-order valence-corrected chi connectivity index (χ2v) is 7.63. The van der Waals surface area contributed by atoms with Crippen molar-refractivity contribution in [1.29, 1.82) is 0 Å². The molecule has 2 rings (SSSR count). The Kier molecular flexibility index (Phi) is 7.57. The minimum atomic E-state index is -1.67. The fourth-order valence-corrected chi connectivity index (χ4v) is 3.19. The molecule has 0 bridgehead atoms. The molecule has 2 aromatic carbocycles. The van der Waals surface area contributed by atoms with Crippen molar-refractivity contribution in [3.63, 3.8) is 0 Å². The van der Waals surface area contributed by atoms with Gasteiger partial charge in [-0.15, -0.1) is 0 Å². The highest BCUT2D eigenvalue weighted by atomic mass is 79.9. The summed E-state index contributed by atoms with van der Waals surface area (Å²) in [7, 11) is 0. The van der Waals surface area contributed by atoms with Crippen LogP contribution in [0.1, 0.15) is 17.0 Å². The van der Waals surface area contributed by atoms with Gasteiger partial charge in [-0.3, -0.25) is 0 Å². The zero-order valence-corrected chi connectivity index (χ0v) is 16.4. The summed E-state index contributed by atoms with van der Waals surface area (Å²) >= 11 is 6.72. The molecule has 0 spiro atoms. The summed E-state index contributed by atoms with van der Waals surface area (Å²) in [5.41, 5.74) is 1.48. The minimum absolute atomic E-state index is 0.628. The number of hydrogen-bond donors (Lipinski definition) is 5. The third kappa shape index (κ3) is 5.10. The Bertz CT molecular complexity index is 617. The molecule has 0 aliphatic heterocycles. The minimum Gasteiger partial charge on any atom is -0.394 e. The van der Waals surface area contributed by atoms with Crippen LogP contribution >= 0.6 is 31.9 Å². The first kappa shape index (κ1) is 20.5. The largest absolute Gasteiger partial charge is 0.394 e. The van der Waals surface area contributed by atoms with E-state index in [9.17, 15) is 20.4 Å². The summed E-state index contributed by atoms with van der Waals surface area (Å²) in [6.07, 6.45) is -6.24. The summed E-state index contributed by atoms with van der Waals surface area (Å²) in [6, 6.07) is 14.5. The summed E-state index contributed by atoms with van der Waals surface area (Å²) in [4.78, 5) is 0. The van der Waals surface area contributed by atoms with Crippen molar-refractivity contribution in [2.45, 2.75) is 30.3 Å². The lowest BCUT2D eigenvalue weighted by Gasteiger charge is -2.31. The number of halogens is 2. The van der Waals surface area contributed by atoms with E-state index in [1.807, 2.05) is 48.5 Å². The van der Waals surface area contributed by atoms with Crippen molar-refractivity contribution in [2.75, 3.05) is 6.61 Å². The second-order valence-electron chi connectivity index (χ2n) is 5.80. The Morgan fingerprint density at radius 2 is 1.04 bits per heavy atom. The van der Waals surface area contributed by atoms with E-state index in [4.69, 9.17) is 5.11 Å². The van der Waals surface area contributed by atoms with Gasteiger partial charge in [0, 0.05) is 14.9 Å². The van der Waals surface area contributed by atoms with Gasteiger partial charge in [0.15, 0.2) is 0 Å². The molecule has 136 valence electrons. The quantitative estimate of drug-likeness (QED) is 0.420. The molecule has 0 aliphatic carbocycles. The summed E-state index contributed by atoms with van der Waals surface area (Å²) in [5.74, 6) is -0.628. The number of hydrogen-bond acceptors (Lipinski definition) is 5. The SMILES string of the molecule is OC[C@@H](O)[C@@H](O)[C@@H](O)[C@H](O)C(c1ccc(Br)cc1)c1ccc(Br)cc1. The molecule has 0 fully saturated rings. The molecule has 25 heavy (non-hydrogen) atoms. The monoisotopic (exact) mass is 474 g/mol. The zero-order valence-electron chi connectivity index (χ0n) is 13.2. The molecule has 0 saturated carbocycles. The Hall–Kier alpha value is -0.800. The molecule has 5 nitrogen and oxygen atoms in total. The lowest BCUT2D eigenvalue weighted by molar-refractivity contribution is -0.117. The second kappa shape index (κ2) is 9.23. The Balaban J connectivity index is 2.40. The van der Waals surface area contributed by atoms with Gasteiger partial charge in [-0.1, -0.05) is 56.1 Å². The molecule has 2 aromatic rings. The standard InChI is InChI=1S/C18H20Br2O5/c19-12-5-1-10(2-6-12)15(11-3-7-13(20)8-4-11)17(24)18(25)16(23)14(22)9-21/h1-8,14-18,21-25H,9H2/t14-,16-,17-,18-/m1/s1. The van der Waals surface area contributed by atoms with E-state index in [0.29, 0.717) is 0 Å². The van der Waals surface area contributed by atoms with Crippen LogP contribution in [0.15, 0.2) is 57.5 Å². The molecule has 4 atom stereocenters. The van der Waals surface area contributed by atoms with Gasteiger partial charge in [0.1, 0.15) is 18.3 Å². The molecule has 5 N–H and O–H groups in total. The van der Waals surface area contributed by atoms with Crippen LogP contribution in [0.25, 0.3) is 0 Å². The van der Waals surface area contributed by atoms with E-state index in [0.717, 1.165) is 20.1 Å². The molecule has 0 unspecified atom stereocenters. The summed E-state index contributed by atoms with van der Waals surface area (Å²) in [6.45, 7) is -0.716. The zero-order chi connectivity index (χ0) is 18.6. The first-order valence-corrected chi connectivity index (χ1v) is 9.27. The first-order valence-electron chi connectivity index (χ1n) is 7.69. The van der Waals surface area contributed by atoms with Crippen LogP contribution < -0.4 is 0 Å². The maximum absolute atomic E-state index is 10.7. The van der Waals surface area contributed by atoms with Gasteiger partial charge in [-0.05, 0) is 35.4 Å². The highest BCUT2D eigenvalue weighted by molar-refractivity contribution is 9.10. The van der Waals surface area contributed by atoms with E-state index in [2.05, 4.69) is 31.9 Å². The molecule has 0 saturated heterocycles. The van der Waals surface area contributed by atoms with Crippen molar-refractivity contribution >= 4 is 31.9 Å². The van der Waals surface area contributed by atoms with Crippen LogP contribution in [0.4, 0.5) is 0 Å². The van der Waals surface area contributed by atoms with Crippen LogP contribution in [-0.2, 0) is 0 Å². The average Bonchev–Trinajstić information content (AvgIpc) is 2.63. The predicted octanol–water partition coefficient (Wildman–Crippen LogP) is 1.78. The number of aliphatic hydroxyl groups is 5. The Morgan fingerprint density at radius 1 is 0.640 bits per heavy atom. The van der Waals surface area contributed by atoms with Gasteiger partial charge < -0.3 is 25.5 Å². The lowest BCUT2D eigenvalue weighted by Crippen LogP contribution is -2.48. The molecule has 0 aromatic heterocycles. The van der Waals surface area contributed by atoms with Gasteiger partial charge in [-0.25, -0.2) is 0 Å².